The fraction of sp³-hybridized carbons (Fsp3) is 0.417. The fourth-order valence-electron chi connectivity index (χ4n) is 2.93. The van der Waals surface area contributed by atoms with E-state index >= 15 is 0 Å². The third-order valence-electron chi connectivity index (χ3n) is 4.86. The molecule has 0 fully saturated rings. The second kappa shape index (κ2) is 12.0. The Morgan fingerprint density at radius 1 is 1.07 bits per heavy atom. The van der Waals surface area contributed by atoms with Gasteiger partial charge in [0.1, 0.15) is 6.04 Å². The number of benzene rings is 2. The zero-order valence-corrected chi connectivity index (χ0v) is 19.7. The van der Waals surface area contributed by atoms with Crippen LogP contribution in [0.1, 0.15) is 37.5 Å². The lowest BCUT2D eigenvalue weighted by Gasteiger charge is -2.29. The number of hydrogen-bond donors (Lipinski definition) is 1. The maximum absolute atomic E-state index is 13.1. The Balaban J connectivity index is 2.06. The van der Waals surface area contributed by atoms with Crippen LogP contribution in [0.4, 0.5) is 0 Å². The zero-order valence-electron chi connectivity index (χ0n) is 18.2. The summed E-state index contributed by atoms with van der Waals surface area (Å²) in [5, 5.41) is 3.65. The van der Waals surface area contributed by atoms with Crippen molar-refractivity contribution >= 4 is 35.2 Å². The van der Waals surface area contributed by atoms with Crippen molar-refractivity contribution in [2.45, 2.75) is 46.0 Å². The van der Waals surface area contributed by atoms with Crippen LogP contribution in [0.5, 0.6) is 0 Å². The van der Waals surface area contributed by atoms with E-state index in [-0.39, 0.29) is 11.8 Å². The molecule has 2 aromatic carbocycles. The molecule has 1 atom stereocenters. The minimum Gasteiger partial charge on any atom is -0.354 e. The van der Waals surface area contributed by atoms with E-state index in [0.29, 0.717) is 29.8 Å². The van der Waals surface area contributed by atoms with Gasteiger partial charge in [-0.3, -0.25) is 9.59 Å². The molecule has 0 spiro atoms. The van der Waals surface area contributed by atoms with E-state index in [4.69, 9.17) is 11.6 Å². The van der Waals surface area contributed by atoms with Gasteiger partial charge in [-0.25, -0.2) is 0 Å². The van der Waals surface area contributed by atoms with Crippen molar-refractivity contribution in [2.24, 2.45) is 5.92 Å². The number of nitrogens with zero attached hydrogens (tertiary/aromatic N) is 1. The van der Waals surface area contributed by atoms with E-state index in [9.17, 15) is 9.59 Å². The molecule has 0 bridgehead atoms. The Labute approximate surface area is 189 Å². The summed E-state index contributed by atoms with van der Waals surface area (Å²) >= 11 is 7.48. The van der Waals surface area contributed by atoms with Gasteiger partial charge >= 0.3 is 0 Å². The van der Waals surface area contributed by atoms with Gasteiger partial charge in [0.15, 0.2) is 0 Å². The first-order chi connectivity index (χ1) is 14.3. The van der Waals surface area contributed by atoms with E-state index in [0.717, 1.165) is 22.4 Å². The van der Waals surface area contributed by atoms with Gasteiger partial charge in [-0.2, -0.15) is 0 Å². The maximum Gasteiger partial charge on any atom is 0.242 e. The number of hydrogen-bond acceptors (Lipinski definition) is 3. The molecule has 0 radical (unpaired) electrons. The molecular weight excluding hydrogens is 416 g/mol. The zero-order chi connectivity index (χ0) is 22.1. The molecule has 0 aliphatic carbocycles. The molecule has 0 unspecified atom stereocenters. The smallest absolute Gasteiger partial charge is 0.242 e. The van der Waals surface area contributed by atoms with Crippen LogP contribution >= 0.6 is 23.4 Å². The third kappa shape index (κ3) is 7.69. The quantitative estimate of drug-likeness (QED) is 0.554. The van der Waals surface area contributed by atoms with Crippen molar-refractivity contribution in [1.82, 2.24) is 10.2 Å². The molecule has 0 saturated carbocycles. The Bertz CT molecular complexity index is 839. The number of carbonyl (C=O) groups is 2. The Morgan fingerprint density at radius 3 is 2.37 bits per heavy atom. The molecule has 2 aromatic rings. The Morgan fingerprint density at radius 2 is 1.73 bits per heavy atom. The summed E-state index contributed by atoms with van der Waals surface area (Å²) in [6, 6.07) is 15.1. The number of thioether (sulfide) groups is 1. The molecule has 0 heterocycles. The molecular formula is C24H31ClN2O2S. The van der Waals surface area contributed by atoms with E-state index in [2.05, 4.69) is 19.2 Å². The first kappa shape index (κ1) is 24.3. The molecule has 6 heteroatoms. The van der Waals surface area contributed by atoms with Crippen molar-refractivity contribution in [3.8, 4) is 0 Å². The standard InChI is InChI=1S/C24H31ClN2O2S/c1-17(2)13-26-24(29)19(4)27(14-21-8-6-5-7-18(21)3)23(28)16-30-15-20-9-11-22(25)12-10-20/h5-12,17,19H,13-16H2,1-4H3,(H,26,29)/t19-/m0/s1. The fourth-order valence-corrected chi connectivity index (χ4v) is 3.92. The molecule has 0 aliphatic rings. The first-order valence-electron chi connectivity index (χ1n) is 10.2. The predicted molar refractivity (Wildman–Crippen MR) is 127 cm³/mol. The van der Waals surface area contributed by atoms with Crippen molar-refractivity contribution < 1.29 is 9.59 Å². The summed E-state index contributed by atoms with van der Waals surface area (Å²) in [7, 11) is 0. The van der Waals surface area contributed by atoms with Crippen molar-refractivity contribution in [2.75, 3.05) is 12.3 Å². The van der Waals surface area contributed by atoms with Gasteiger partial charge in [0.2, 0.25) is 11.8 Å². The monoisotopic (exact) mass is 446 g/mol. The van der Waals surface area contributed by atoms with Crippen LogP contribution in [-0.4, -0.2) is 35.1 Å². The van der Waals surface area contributed by atoms with Gasteiger partial charge in [-0.05, 0) is 48.6 Å². The van der Waals surface area contributed by atoms with Crippen LogP contribution in [0.15, 0.2) is 48.5 Å². The van der Waals surface area contributed by atoms with Crippen LogP contribution in [0.3, 0.4) is 0 Å². The van der Waals surface area contributed by atoms with Gasteiger partial charge in [0.25, 0.3) is 0 Å². The molecule has 0 aliphatic heterocycles. The highest BCUT2D eigenvalue weighted by molar-refractivity contribution is 7.99. The van der Waals surface area contributed by atoms with Crippen molar-refractivity contribution in [3.63, 3.8) is 0 Å². The topological polar surface area (TPSA) is 49.4 Å². The Hall–Kier alpha value is -1.98. The van der Waals surface area contributed by atoms with Gasteiger partial charge in [-0.15, -0.1) is 11.8 Å². The van der Waals surface area contributed by atoms with E-state index in [1.165, 1.54) is 0 Å². The molecule has 0 saturated heterocycles. The van der Waals surface area contributed by atoms with Gasteiger partial charge in [0.05, 0.1) is 5.75 Å². The van der Waals surface area contributed by atoms with E-state index in [1.807, 2.05) is 55.5 Å². The van der Waals surface area contributed by atoms with Gasteiger partial charge < -0.3 is 10.2 Å². The molecule has 30 heavy (non-hydrogen) atoms. The summed E-state index contributed by atoms with van der Waals surface area (Å²) in [6.45, 7) is 8.94. The summed E-state index contributed by atoms with van der Waals surface area (Å²) in [5.41, 5.74) is 3.28. The summed E-state index contributed by atoms with van der Waals surface area (Å²) in [4.78, 5) is 27.4. The second-order valence-electron chi connectivity index (χ2n) is 7.88. The van der Waals surface area contributed by atoms with Crippen LogP contribution in [0.25, 0.3) is 0 Å². The van der Waals surface area contributed by atoms with E-state index < -0.39 is 6.04 Å². The van der Waals surface area contributed by atoms with Crippen LogP contribution < -0.4 is 5.32 Å². The lowest BCUT2D eigenvalue weighted by atomic mass is 10.1. The SMILES string of the molecule is Cc1ccccc1CN(C(=O)CSCc1ccc(Cl)cc1)[C@@H](C)C(=O)NCC(C)C. The molecule has 0 aromatic heterocycles. The highest BCUT2D eigenvalue weighted by atomic mass is 35.5. The maximum atomic E-state index is 13.1. The van der Waals surface area contributed by atoms with Gasteiger partial charge in [0, 0.05) is 23.9 Å². The average molecular weight is 447 g/mol. The minimum absolute atomic E-state index is 0.0376. The predicted octanol–water partition coefficient (Wildman–Crippen LogP) is 5.07. The molecule has 1 N–H and O–H groups in total. The van der Waals surface area contributed by atoms with Gasteiger partial charge in [-0.1, -0.05) is 61.8 Å². The summed E-state index contributed by atoms with van der Waals surface area (Å²) in [6.07, 6.45) is 0. The highest BCUT2D eigenvalue weighted by Gasteiger charge is 2.26. The largest absolute Gasteiger partial charge is 0.354 e. The number of amides is 2. The second-order valence-corrected chi connectivity index (χ2v) is 9.30. The van der Waals surface area contributed by atoms with Crippen molar-refractivity contribution in [1.29, 1.82) is 0 Å². The molecule has 2 rings (SSSR count). The Kier molecular flexibility index (Phi) is 9.73. The summed E-state index contributed by atoms with van der Waals surface area (Å²) < 4.78 is 0. The molecule has 2 amide bonds. The minimum atomic E-state index is -0.535. The number of carbonyl (C=O) groups excluding carboxylic acids is 2. The molecule has 162 valence electrons. The lowest BCUT2D eigenvalue weighted by molar-refractivity contribution is -0.138. The van der Waals surface area contributed by atoms with Crippen LogP contribution in [0, 0.1) is 12.8 Å². The third-order valence-corrected chi connectivity index (χ3v) is 6.10. The normalized spacial score (nSPS) is 11.9. The average Bonchev–Trinajstić information content (AvgIpc) is 2.72. The number of halogens is 1. The van der Waals surface area contributed by atoms with Crippen LogP contribution in [-0.2, 0) is 21.9 Å². The van der Waals surface area contributed by atoms with Crippen LogP contribution in [0.2, 0.25) is 5.02 Å². The summed E-state index contributed by atoms with van der Waals surface area (Å²) in [5.74, 6) is 1.24. The lowest BCUT2D eigenvalue weighted by Crippen LogP contribution is -2.48. The highest BCUT2D eigenvalue weighted by Crippen LogP contribution is 2.18. The molecule has 4 nitrogen and oxygen atoms in total. The number of nitrogens with one attached hydrogen (secondary N) is 1. The number of aryl methyl sites for hydroxylation is 1. The van der Waals surface area contributed by atoms with Crippen molar-refractivity contribution in [3.05, 3.63) is 70.2 Å². The number of rotatable bonds is 10. The first-order valence-corrected chi connectivity index (χ1v) is 11.7. The van der Waals surface area contributed by atoms with E-state index in [1.54, 1.807) is 23.6 Å².